The lowest BCUT2D eigenvalue weighted by Gasteiger charge is -2.33. The Balaban J connectivity index is 1.82. The van der Waals surface area contributed by atoms with E-state index in [1.807, 2.05) is 7.05 Å². The molecule has 6 nitrogen and oxygen atoms in total. The molecular formula is C20H32N4O2. The maximum absolute atomic E-state index is 11.7. The van der Waals surface area contributed by atoms with Crippen molar-refractivity contribution < 1.29 is 9.53 Å². The van der Waals surface area contributed by atoms with Crippen molar-refractivity contribution in [2.45, 2.75) is 26.7 Å². The standard InChI is InChI=1S/C20H32N4O2/c1-5-23(18-8-6-7-16(2)15-18)14-11-22-20(21-3)24-12-9-17(10-13-24)19(25)26-4/h6-8,15,17H,5,9-14H2,1-4H3,(H,21,22). The molecule has 0 saturated carbocycles. The van der Waals surface area contributed by atoms with Crippen molar-refractivity contribution in [3.8, 4) is 0 Å². The van der Waals surface area contributed by atoms with Gasteiger partial charge in [-0.2, -0.15) is 0 Å². The molecular weight excluding hydrogens is 328 g/mol. The van der Waals surface area contributed by atoms with Crippen molar-refractivity contribution in [1.82, 2.24) is 10.2 Å². The molecule has 6 heteroatoms. The number of nitrogens with zero attached hydrogens (tertiary/aromatic N) is 3. The second-order valence-corrected chi connectivity index (χ2v) is 6.68. The van der Waals surface area contributed by atoms with Crippen LogP contribution < -0.4 is 10.2 Å². The van der Waals surface area contributed by atoms with E-state index in [1.54, 1.807) is 0 Å². The fourth-order valence-electron chi connectivity index (χ4n) is 3.42. The first kappa shape index (κ1) is 20.1. The van der Waals surface area contributed by atoms with Crippen molar-refractivity contribution >= 4 is 17.6 Å². The molecule has 0 unspecified atom stereocenters. The number of benzene rings is 1. The van der Waals surface area contributed by atoms with Gasteiger partial charge in [-0.05, 0) is 44.4 Å². The number of hydrogen-bond donors (Lipinski definition) is 1. The van der Waals surface area contributed by atoms with Gasteiger partial charge in [-0.3, -0.25) is 9.79 Å². The van der Waals surface area contributed by atoms with E-state index in [0.717, 1.165) is 51.5 Å². The monoisotopic (exact) mass is 360 g/mol. The predicted octanol–water partition coefficient (Wildman–Crippen LogP) is 2.28. The SMILES string of the molecule is CCN(CCNC(=NC)N1CCC(C(=O)OC)CC1)c1cccc(C)c1. The van der Waals surface area contributed by atoms with Crippen LogP contribution in [0.2, 0.25) is 0 Å². The lowest BCUT2D eigenvalue weighted by atomic mass is 9.97. The van der Waals surface area contributed by atoms with Gasteiger partial charge in [-0.25, -0.2) is 0 Å². The van der Waals surface area contributed by atoms with E-state index in [9.17, 15) is 4.79 Å². The molecule has 1 aromatic carbocycles. The van der Waals surface area contributed by atoms with E-state index in [0.29, 0.717) is 0 Å². The summed E-state index contributed by atoms with van der Waals surface area (Å²) in [4.78, 5) is 20.7. The van der Waals surface area contributed by atoms with Gasteiger partial charge in [-0.15, -0.1) is 0 Å². The van der Waals surface area contributed by atoms with Gasteiger partial charge in [0.1, 0.15) is 0 Å². The van der Waals surface area contributed by atoms with Crippen LogP contribution in [0.1, 0.15) is 25.3 Å². The number of esters is 1. The van der Waals surface area contributed by atoms with Crippen molar-refractivity contribution in [3.63, 3.8) is 0 Å². The highest BCUT2D eigenvalue weighted by Crippen LogP contribution is 2.18. The number of aliphatic imine (C=N–C) groups is 1. The Hall–Kier alpha value is -2.24. The molecule has 1 aliphatic heterocycles. The van der Waals surface area contributed by atoms with Crippen LogP contribution in [-0.2, 0) is 9.53 Å². The number of likely N-dealkylation sites (N-methyl/N-ethyl adjacent to an activating group) is 1. The number of aryl methyl sites for hydroxylation is 1. The Morgan fingerprint density at radius 1 is 1.38 bits per heavy atom. The van der Waals surface area contributed by atoms with Crippen LogP contribution in [0.5, 0.6) is 0 Å². The fourth-order valence-corrected chi connectivity index (χ4v) is 3.42. The van der Waals surface area contributed by atoms with Gasteiger partial charge >= 0.3 is 5.97 Å². The molecule has 2 rings (SSSR count). The highest BCUT2D eigenvalue weighted by atomic mass is 16.5. The topological polar surface area (TPSA) is 57.2 Å². The number of nitrogens with one attached hydrogen (secondary N) is 1. The highest BCUT2D eigenvalue weighted by Gasteiger charge is 2.26. The Kier molecular flexibility index (Phi) is 7.75. The average molecular weight is 361 g/mol. The van der Waals surface area contributed by atoms with E-state index >= 15 is 0 Å². The van der Waals surface area contributed by atoms with E-state index < -0.39 is 0 Å². The molecule has 0 radical (unpaired) electrons. The Morgan fingerprint density at radius 3 is 2.69 bits per heavy atom. The number of likely N-dealkylation sites (tertiary alicyclic amines) is 1. The zero-order chi connectivity index (χ0) is 18.9. The number of carbonyl (C=O) groups is 1. The zero-order valence-corrected chi connectivity index (χ0v) is 16.5. The number of carbonyl (C=O) groups excluding carboxylic acids is 1. The summed E-state index contributed by atoms with van der Waals surface area (Å²) in [7, 11) is 3.27. The lowest BCUT2D eigenvalue weighted by Crippen LogP contribution is -2.48. The number of piperidine rings is 1. The van der Waals surface area contributed by atoms with Crippen LogP contribution in [-0.4, -0.2) is 63.7 Å². The molecule has 0 bridgehead atoms. The van der Waals surface area contributed by atoms with Gasteiger partial charge < -0.3 is 19.9 Å². The number of ether oxygens (including phenoxy) is 1. The van der Waals surface area contributed by atoms with Gasteiger partial charge in [-0.1, -0.05) is 12.1 Å². The molecule has 26 heavy (non-hydrogen) atoms. The van der Waals surface area contributed by atoms with Crippen molar-refractivity contribution in [2.75, 3.05) is 51.8 Å². The summed E-state index contributed by atoms with van der Waals surface area (Å²) >= 11 is 0. The lowest BCUT2D eigenvalue weighted by molar-refractivity contribution is -0.146. The van der Waals surface area contributed by atoms with Crippen molar-refractivity contribution in [3.05, 3.63) is 29.8 Å². The van der Waals surface area contributed by atoms with Crippen LogP contribution in [0, 0.1) is 12.8 Å². The first-order valence-electron chi connectivity index (χ1n) is 9.44. The minimum atomic E-state index is -0.0932. The van der Waals surface area contributed by atoms with Crippen LogP contribution >= 0.6 is 0 Å². The third-order valence-corrected chi connectivity index (χ3v) is 4.95. The fraction of sp³-hybridized carbons (Fsp3) is 0.600. The smallest absolute Gasteiger partial charge is 0.308 e. The predicted molar refractivity (Wildman–Crippen MR) is 107 cm³/mol. The normalized spacial score (nSPS) is 15.7. The minimum Gasteiger partial charge on any atom is -0.469 e. The van der Waals surface area contributed by atoms with Gasteiger partial charge in [0.2, 0.25) is 0 Å². The molecule has 0 aromatic heterocycles. The van der Waals surface area contributed by atoms with Crippen molar-refractivity contribution in [1.29, 1.82) is 0 Å². The van der Waals surface area contributed by atoms with Gasteiger partial charge in [0.25, 0.3) is 0 Å². The van der Waals surface area contributed by atoms with E-state index in [1.165, 1.54) is 18.4 Å². The van der Waals surface area contributed by atoms with E-state index in [4.69, 9.17) is 4.74 Å². The molecule has 0 atom stereocenters. The van der Waals surface area contributed by atoms with Crippen LogP contribution in [0.15, 0.2) is 29.3 Å². The molecule has 0 amide bonds. The van der Waals surface area contributed by atoms with Crippen molar-refractivity contribution in [2.24, 2.45) is 10.9 Å². The zero-order valence-electron chi connectivity index (χ0n) is 16.5. The second-order valence-electron chi connectivity index (χ2n) is 6.68. The molecule has 1 aliphatic rings. The summed E-state index contributed by atoms with van der Waals surface area (Å²) in [6, 6.07) is 8.60. The Bertz CT molecular complexity index is 610. The Labute approximate surface area is 157 Å². The average Bonchev–Trinajstić information content (AvgIpc) is 2.68. The Morgan fingerprint density at radius 2 is 2.12 bits per heavy atom. The first-order valence-corrected chi connectivity index (χ1v) is 9.44. The number of anilines is 1. The molecule has 1 fully saturated rings. The first-order chi connectivity index (χ1) is 12.6. The molecule has 144 valence electrons. The summed E-state index contributed by atoms with van der Waals surface area (Å²) in [5, 5.41) is 3.46. The number of guanidine groups is 1. The molecule has 0 spiro atoms. The second kappa shape index (κ2) is 10.0. The third-order valence-electron chi connectivity index (χ3n) is 4.95. The number of methoxy groups -OCH3 is 1. The maximum atomic E-state index is 11.7. The minimum absolute atomic E-state index is 0.0197. The molecule has 1 heterocycles. The quantitative estimate of drug-likeness (QED) is 0.479. The maximum Gasteiger partial charge on any atom is 0.308 e. The summed E-state index contributed by atoms with van der Waals surface area (Å²) in [6.07, 6.45) is 1.63. The van der Waals surface area contributed by atoms with E-state index in [-0.39, 0.29) is 11.9 Å². The largest absolute Gasteiger partial charge is 0.469 e. The summed E-state index contributed by atoms with van der Waals surface area (Å²) in [6.45, 7) is 8.66. The highest BCUT2D eigenvalue weighted by molar-refractivity contribution is 5.80. The number of hydrogen-bond acceptors (Lipinski definition) is 4. The van der Waals surface area contributed by atoms with E-state index in [2.05, 4.69) is 58.2 Å². The van der Waals surface area contributed by atoms with Crippen LogP contribution in [0.25, 0.3) is 0 Å². The van der Waals surface area contributed by atoms with Gasteiger partial charge in [0.15, 0.2) is 5.96 Å². The summed E-state index contributed by atoms with van der Waals surface area (Å²) in [5.74, 6) is 0.837. The van der Waals surface area contributed by atoms with Gasteiger partial charge in [0.05, 0.1) is 13.0 Å². The molecule has 1 N–H and O–H groups in total. The molecule has 0 aliphatic carbocycles. The van der Waals surface area contributed by atoms with Gasteiger partial charge in [0, 0.05) is 45.5 Å². The van der Waals surface area contributed by atoms with Crippen LogP contribution in [0.4, 0.5) is 5.69 Å². The van der Waals surface area contributed by atoms with Crippen LogP contribution in [0.3, 0.4) is 0 Å². The molecule has 1 aromatic rings. The number of rotatable bonds is 6. The molecule has 1 saturated heterocycles. The summed E-state index contributed by atoms with van der Waals surface area (Å²) in [5.41, 5.74) is 2.53. The summed E-state index contributed by atoms with van der Waals surface area (Å²) < 4.78 is 4.86. The third kappa shape index (κ3) is 5.38.